The Morgan fingerprint density at radius 1 is 1.27 bits per heavy atom. The summed E-state index contributed by atoms with van der Waals surface area (Å²) in [5.41, 5.74) is 4.86. The number of aliphatic hydroxyl groups excluding tert-OH is 1. The number of para-hydroxylation sites is 1. The first-order valence-electron chi connectivity index (χ1n) is 14.1. The molecule has 0 radical (unpaired) electrons. The molecule has 0 saturated carbocycles. The zero-order valence-electron chi connectivity index (χ0n) is 24.3. The fourth-order valence-corrected chi connectivity index (χ4v) is 6.28. The molecule has 2 aromatic carbocycles. The van der Waals surface area contributed by atoms with Gasteiger partial charge in [0, 0.05) is 6.42 Å². The summed E-state index contributed by atoms with van der Waals surface area (Å²) in [6.45, 7) is 1.38. The molecule has 5 rings (SSSR count). The van der Waals surface area contributed by atoms with Gasteiger partial charge in [-0.05, 0) is 30.5 Å². The average Bonchev–Trinajstić information content (AvgIpc) is 3.60. The van der Waals surface area contributed by atoms with E-state index in [1.54, 1.807) is 30.3 Å². The number of esters is 1. The minimum atomic E-state index is -4.43. The van der Waals surface area contributed by atoms with E-state index in [2.05, 4.69) is 26.0 Å². The monoisotopic (exact) mass is 638 g/mol. The number of nitrogen functional groups attached to an aromatic ring is 1. The Balaban J connectivity index is 1.41. The molecule has 15 heteroatoms. The molecule has 236 valence electrons. The van der Waals surface area contributed by atoms with Crippen LogP contribution in [0.5, 0.6) is 5.75 Å². The van der Waals surface area contributed by atoms with Gasteiger partial charge in [-0.1, -0.05) is 61.4 Å². The molecule has 45 heavy (non-hydrogen) atoms. The molecule has 4 N–H and O–H groups in total. The van der Waals surface area contributed by atoms with Crippen LogP contribution in [-0.4, -0.2) is 61.6 Å². The zero-order chi connectivity index (χ0) is 32.0. The number of fused-ring (bicyclic) bond motifs is 1. The number of carbonyl (C=O) groups is 1. The second-order valence-electron chi connectivity index (χ2n) is 10.3. The van der Waals surface area contributed by atoms with Gasteiger partial charge in [0.05, 0.1) is 12.9 Å². The van der Waals surface area contributed by atoms with Gasteiger partial charge in [-0.3, -0.25) is 13.9 Å². The Bertz CT molecular complexity index is 1720. The van der Waals surface area contributed by atoms with Gasteiger partial charge in [0.15, 0.2) is 22.6 Å². The summed E-state index contributed by atoms with van der Waals surface area (Å²) < 4.78 is 52.8. The summed E-state index contributed by atoms with van der Waals surface area (Å²) in [6, 6.07) is 16.1. The number of nitrogens with one attached hydrogen (secondary N) is 1. The van der Waals surface area contributed by atoms with Gasteiger partial charge in [-0.25, -0.2) is 9.55 Å². The van der Waals surface area contributed by atoms with Crippen molar-refractivity contribution in [3.05, 3.63) is 78.6 Å². The number of imidazole rings is 1. The highest BCUT2D eigenvalue weighted by Gasteiger charge is 2.50. The maximum absolute atomic E-state index is 14.4. The third-order valence-electron chi connectivity index (χ3n) is 7.03. The first-order valence-corrected chi connectivity index (χ1v) is 15.7. The van der Waals surface area contributed by atoms with Gasteiger partial charge in [0.25, 0.3) is 0 Å². The Labute approximate surface area is 258 Å². The van der Waals surface area contributed by atoms with E-state index in [0.717, 1.165) is 5.56 Å². The molecule has 0 aliphatic carbocycles. The molecule has 0 bridgehead atoms. The number of ether oxygens (including phenoxy) is 2. The number of nitrogens with zero attached hydrogens (tertiary/aromatic N) is 4. The first-order chi connectivity index (χ1) is 21.6. The summed E-state index contributed by atoms with van der Waals surface area (Å²) in [5.74, 6) is 1.76. The smallest absolute Gasteiger partial charge is 0.459 e. The largest absolute Gasteiger partial charge is 0.465 e. The first kappa shape index (κ1) is 32.0. The number of benzene rings is 2. The summed E-state index contributed by atoms with van der Waals surface area (Å²) in [7, 11) is -4.43. The van der Waals surface area contributed by atoms with Crippen LogP contribution in [0.25, 0.3) is 11.2 Å². The number of nitrogens with two attached hydrogens (primary N) is 1. The van der Waals surface area contributed by atoms with Crippen molar-refractivity contribution in [3.8, 4) is 18.1 Å². The maximum atomic E-state index is 14.4. The van der Waals surface area contributed by atoms with Crippen molar-refractivity contribution in [1.29, 1.82) is 0 Å². The Morgan fingerprint density at radius 3 is 2.67 bits per heavy atom. The lowest BCUT2D eigenvalue weighted by atomic mass is 9.99. The molecule has 0 amide bonds. The average molecular weight is 639 g/mol. The summed E-state index contributed by atoms with van der Waals surface area (Å²) in [5, 5.41) is 13.8. The molecule has 2 aromatic heterocycles. The van der Waals surface area contributed by atoms with Crippen molar-refractivity contribution in [2.75, 3.05) is 18.9 Å². The van der Waals surface area contributed by atoms with E-state index in [0.29, 0.717) is 6.42 Å². The quantitative estimate of drug-likeness (QED) is 0.0843. The Hall–Kier alpha value is -4.38. The van der Waals surface area contributed by atoms with Crippen LogP contribution >= 0.6 is 7.75 Å². The van der Waals surface area contributed by atoms with Crippen molar-refractivity contribution in [2.45, 2.75) is 50.2 Å². The van der Waals surface area contributed by atoms with Crippen molar-refractivity contribution in [1.82, 2.24) is 24.6 Å². The Kier molecular flexibility index (Phi) is 9.77. The fraction of sp³-hybridized carbons (Fsp3) is 0.333. The number of carbonyl (C=O) groups excluding carboxylic acids is 1. The van der Waals surface area contributed by atoms with Gasteiger partial charge in [0.1, 0.15) is 30.7 Å². The van der Waals surface area contributed by atoms with Crippen LogP contribution in [0.2, 0.25) is 0 Å². The third kappa shape index (κ3) is 7.30. The van der Waals surface area contributed by atoms with E-state index in [4.69, 9.17) is 30.7 Å². The molecule has 13 nitrogen and oxygen atoms in total. The molecule has 1 aliphatic rings. The van der Waals surface area contributed by atoms with E-state index >= 15 is 0 Å². The number of halogens is 1. The fourth-order valence-electron chi connectivity index (χ4n) is 4.76. The van der Waals surface area contributed by atoms with E-state index < -0.39 is 50.4 Å². The normalized spacial score (nSPS) is 21.6. The number of anilines is 1. The van der Waals surface area contributed by atoms with Gasteiger partial charge < -0.3 is 24.8 Å². The molecule has 1 unspecified atom stereocenters. The minimum absolute atomic E-state index is 0.0278. The zero-order valence-corrected chi connectivity index (χ0v) is 25.2. The van der Waals surface area contributed by atoms with E-state index in [9.17, 15) is 18.9 Å². The van der Waals surface area contributed by atoms with Crippen LogP contribution in [0.1, 0.15) is 31.6 Å². The predicted molar refractivity (Wildman–Crippen MR) is 161 cm³/mol. The number of terminal acetylenes is 1. The number of aromatic nitrogens is 4. The molecular formula is C30H32FN6O7P. The molecule has 1 fully saturated rings. The molecule has 1 saturated heterocycles. The van der Waals surface area contributed by atoms with Crippen molar-refractivity contribution < 1.29 is 37.4 Å². The number of aliphatic hydroxyl groups is 1. The van der Waals surface area contributed by atoms with Gasteiger partial charge in [-0.15, -0.1) is 6.42 Å². The molecule has 1 aliphatic heterocycles. The summed E-state index contributed by atoms with van der Waals surface area (Å²) in [6.07, 6.45) is 4.38. The van der Waals surface area contributed by atoms with Crippen LogP contribution in [-0.2, 0) is 29.8 Å². The van der Waals surface area contributed by atoms with Crippen LogP contribution < -0.4 is 15.3 Å². The van der Waals surface area contributed by atoms with E-state index in [1.807, 2.05) is 37.3 Å². The summed E-state index contributed by atoms with van der Waals surface area (Å²) >= 11 is 0. The van der Waals surface area contributed by atoms with Crippen LogP contribution in [0.15, 0.2) is 67.0 Å². The minimum Gasteiger partial charge on any atom is -0.465 e. The lowest BCUT2D eigenvalue weighted by molar-refractivity contribution is -0.145. The lowest BCUT2D eigenvalue weighted by Crippen LogP contribution is -2.44. The van der Waals surface area contributed by atoms with Crippen LogP contribution in [0.3, 0.4) is 0 Å². The van der Waals surface area contributed by atoms with Crippen molar-refractivity contribution >= 4 is 30.7 Å². The van der Waals surface area contributed by atoms with Crippen molar-refractivity contribution in [2.24, 2.45) is 0 Å². The lowest BCUT2D eigenvalue weighted by Gasteiger charge is -2.30. The summed E-state index contributed by atoms with van der Waals surface area (Å²) in [4.78, 5) is 24.5. The second-order valence-corrected chi connectivity index (χ2v) is 12.0. The second kappa shape index (κ2) is 13.7. The maximum Gasteiger partial charge on any atom is 0.459 e. The predicted octanol–water partition coefficient (Wildman–Crippen LogP) is 3.56. The van der Waals surface area contributed by atoms with Gasteiger partial charge in [-0.2, -0.15) is 19.4 Å². The van der Waals surface area contributed by atoms with Gasteiger partial charge >= 0.3 is 19.8 Å². The highest BCUT2D eigenvalue weighted by atomic mass is 31.2. The number of hydrogen-bond acceptors (Lipinski definition) is 11. The topological polar surface area (TPSA) is 173 Å². The van der Waals surface area contributed by atoms with E-state index in [-0.39, 0.29) is 42.2 Å². The van der Waals surface area contributed by atoms with E-state index in [1.165, 1.54) is 10.9 Å². The molecular weight excluding hydrogens is 606 g/mol. The van der Waals surface area contributed by atoms with Gasteiger partial charge in [0.2, 0.25) is 0 Å². The number of rotatable bonds is 13. The SMILES string of the molecule is C#C[C@]1(COP(=O)(N[C@@H](Cc2ccccc2)C(=O)OCCC)Oc2ccccc2)O[C@@H](n2cnc3c(N)nc(F)nc32)C[C@@H]1O. The Morgan fingerprint density at radius 2 is 1.98 bits per heavy atom. The molecule has 4 aromatic rings. The van der Waals surface area contributed by atoms with Crippen LogP contribution in [0.4, 0.5) is 10.2 Å². The molecule has 3 heterocycles. The molecule has 5 atom stereocenters. The standard InChI is InChI=1S/C30H32FN6O7P/c1-3-15-41-28(39)22(16-20-11-7-5-8-12-20)36-45(40,44-21-13-9-6-10-14-21)42-18-30(4-2)23(38)17-24(43-30)37-19-33-25-26(32)34-29(31)35-27(25)37/h2,5-14,19,22-24,38H,3,15-18H2,1H3,(H,36,40)(H2,32,34,35)/t22-,23-,24+,30+,45?/m0/s1. The number of hydrogen-bond donors (Lipinski definition) is 3. The van der Waals surface area contributed by atoms with Crippen LogP contribution in [0, 0.1) is 18.4 Å². The third-order valence-corrected chi connectivity index (χ3v) is 8.58. The highest BCUT2D eigenvalue weighted by molar-refractivity contribution is 7.52. The molecule has 0 spiro atoms. The highest BCUT2D eigenvalue weighted by Crippen LogP contribution is 2.48. The van der Waals surface area contributed by atoms with Crippen molar-refractivity contribution in [3.63, 3.8) is 0 Å².